The second kappa shape index (κ2) is 8.43. The van der Waals surface area contributed by atoms with Gasteiger partial charge in [-0.1, -0.05) is 35.9 Å². The monoisotopic (exact) mass is 392 g/mol. The van der Waals surface area contributed by atoms with Crippen LogP contribution in [0.5, 0.6) is 0 Å². The van der Waals surface area contributed by atoms with Crippen LogP contribution in [-0.4, -0.2) is 18.8 Å². The van der Waals surface area contributed by atoms with Gasteiger partial charge in [0.25, 0.3) is 0 Å². The van der Waals surface area contributed by atoms with Crippen molar-refractivity contribution in [2.24, 2.45) is 5.41 Å². The lowest BCUT2D eigenvalue weighted by Gasteiger charge is -2.45. The Hall–Kier alpha value is -0.870. The van der Waals surface area contributed by atoms with E-state index in [2.05, 4.69) is 55.7 Å². The molecule has 1 fully saturated rings. The molecule has 26 heavy (non-hydrogen) atoms. The number of quaternary nitrogens is 1. The van der Waals surface area contributed by atoms with Crippen molar-refractivity contribution in [2.75, 3.05) is 13.2 Å². The maximum atomic E-state index is 6.49. The fraction of sp³-hybridized carbons (Fsp3) is 0.545. The molecule has 0 spiro atoms. The van der Waals surface area contributed by atoms with E-state index in [1.165, 1.54) is 16.9 Å². The predicted molar refractivity (Wildman–Crippen MR) is 111 cm³/mol. The average molecular weight is 393 g/mol. The van der Waals surface area contributed by atoms with E-state index in [1.54, 1.807) is 0 Å². The Morgan fingerprint density at radius 2 is 2.04 bits per heavy atom. The summed E-state index contributed by atoms with van der Waals surface area (Å²) in [5.74, 6) is 0. The van der Waals surface area contributed by atoms with Gasteiger partial charge in [0.05, 0.1) is 17.0 Å². The minimum atomic E-state index is -0.0567. The summed E-state index contributed by atoms with van der Waals surface area (Å²) in [6, 6.07) is 13.2. The van der Waals surface area contributed by atoms with Crippen LogP contribution in [0.15, 0.2) is 41.8 Å². The largest absolute Gasteiger partial charge is 0.376 e. The molecule has 2 nitrogen and oxygen atoms in total. The van der Waals surface area contributed by atoms with Crippen LogP contribution in [0, 0.1) is 5.41 Å². The van der Waals surface area contributed by atoms with E-state index in [9.17, 15) is 0 Å². The first-order valence-electron chi connectivity index (χ1n) is 9.63. The summed E-state index contributed by atoms with van der Waals surface area (Å²) in [4.78, 5) is 1.46. The van der Waals surface area contributed by atoms with Gasteiger partial charge in [-0.25, -0.2) is 0 Å². The number of thiophene rings is 1. The Balaban J connectivity index is 1.70. The molecule has 2 N–H and O–H groups in total. The van der Waals surface area contributed by atoms with Crippen LogP contribution in [0.3, 0.4) is 0 Å². The molecule has 0 radical (unpaired) electrons. The zero-order valence-electron chi connectivity index (χ0n) is 16.1. The summed E-state index contributed by atoms with van der Waals surface area (Å²) >= 11 is 8.34. The summed E-state index contributed by atoms with van der Waals surface area (Å²) in [6.45, 7) is 8.75. The van der Waals surface area contributed by atoms with Crippen LogP contribution in [0.4, 0.5) is 0 Å². The van der Waals surface area contributed by atoms with Crippen molar-refractivity contribution in [3.05, 3.63) is 57.2 Å². The van der Waals surface area contributed by atoms with Crippen LogP contribution in [0.25, 0.3) is 0 Å². The van der Waals surface area contributed by atoms with E-state index in [4.69, 9.17) is 16.3 Å². The van der Waals surface area contributed by atoms with Gasteiger partial charge in [-0.2, -0.15) is 0 Å². The number of nitrogens with two attached hydrogens (primary N) is 1. The summed E-state index contributed by atoms with van der Waals surface area (Å²) in [5, 5.41) is 5.55. The van der Waals surface area contributed by atoms with Crippen LogP contribution >= 0.6 is 22.9 Å². The standard InChI is InChI=1S/C22H30ClNOS/c1-17(20-9-6-14-26-20)24-12-10-22(11-13-25-21(2,3)16-22)15-18-7-4-5-8-19(18)23/h4-9,14,17,24H,10-13,15-16H2,1-3H3/p+1/t17-,22+/m1/s1. The maximum Gasteiger partial charge on any atom is 0.118 e. The number of hydrogen-bond donors (Lipinski definition) is 1. The molecule has 4 heteroatoms. The lowest BCUT2D eigenvalue weighted by atomic mass is 9.68. The lowest BCUT2D eigenvalue weighted by Crippen LogP contribution is -2.85. The molecule has 0 bridgehead atoms. The molecule has 0 saturated carbocycles. The van der Waals surface area contributed by atoms with E-state index in [-0.39, 0.29) is 11.0 Å². The van der Waals surface area contributed by atoms with Crippen LogP contribution in [-0.2, 0) is 11.2 Å². The number of ether oxygens (including phenoxy) is 1. The first-order chi connectivity index (χ1) is 12.4. The fourth-order valence-electron chi connectivity index (χ4n) is 4.39. The van der Waals surface area contributed by atoms with Gasteiger partial charge in [-0.15, -0.1) is 11.3 Å². The van der Waals surface area contributed by atoms with Crippen LogP contribution < -0.4 is 5.32 Å². The van der Waals surface area contributed by atoms with E-state index in [1.807, 2.05) is 23.5 Å². The SMILES string of the molecule is C[C@@H]([NH2+]CC[C@@]1(Cc2ccccc2Cl)CCOC(C)(C)C1)c1cccs1. The summed E-state index contributed by atoms with van der Waals surface area (Å²) in [7, 11) is 0. The highest BCUT2D eigenvalue weighted by molar-refractivity contribution is 7.10. The number of rotatable bonds is 7. The molecular formula is C22H31ClNOS+. The third-order valence-corrected chi connectivity index (χ3v) is 7.08. The van der Waals surface area contributed by atoms with Gasteiger partial charge in [-0.3, -0.25) is 0 Å². The van der Waals surface area contributed by atoms with Crippen LogP contribution in [0.1, 0.15) is 56.5 Å². The quantitative estimate of drug-likeness (QED) is 0.685. The highest BCUT2D eigenvalue weighted by atomic mass is 35.5. The topological polar surface area (TPSA) is 25.8 Å². The van der Waals surface area contributed by atoms with Crippen molar-refractivity contribution in [2.45, 2.75) is 58.1 Å². The van der Waals surface area contributed by atoms with Crippen molar-refractivity contribution in [3.63, 3.8) is 0 Å². The molecule has 0 amide bonds. The molecule has 142 valence electrons. The molecule has 2 heterocycles. The smallest absolute Gasteiger partial charge is 0.118 e. The zero-order chi connectivity index (χ0) is 18.6. The first-order valence-corrected chi connectivity index (χ1v) is 10.9. The molecule has 1 aromatic heterocycles. The van der Waals surface area contributed by atoms with E-state index in [0.29, 0.717) is 6.04 Å². The van der Waals surface area contributed by atoms with Gasteiger partial charge in [0.1, 0.15) is 6.04 Å². The van der Waals surface area contributed by atoms with Gasteiger partial charge >= 0.3 is 0 Å². The minimum absolute atomic E-state index is 0.0567. The van der Waals surface area contributed by atoms with Gasteiger partial charge in [0, 0.05) is 18.1 Å². The van der Waals surface area contributed by atoms with Gasteiger partial charge < -0.3 is 10.1 Å². The molecule has 3 rings (SSSR count). The maximum absolute atomic E-state index is 6.49. The number of halogens is 1. The second-order valence-electron chi connectivity index (χ2n) is 8.38. The summed E-state index contributed by atoms with van der Waals surface area (Å²) in [5.41, 5.74) is 1.48. The van der Waals surface area contributed by atoms with E-state index in [0.717, 1.165) is 37.4 Å². The average Bonchev–Trinajstić information content (AvgIpc) is 3.11. The summed E-state index contributed by atoms with van der Waals surface area (Å²) in [6.07, 6.45) is 4.44. The molecule has 2 atom stereocenters. The van der Waals surface area contributed by atoms with Crippen molar-refractivity contribution >= 4 is 22.9 Å². The molecule has 0 aliphatic carbocycles. The van der Waals surface area contributed by atoms with Gasteiger partial charge in [-0.05, 0) is 68.5 Å². The second-order valence-corrected chi connectivity index (χ2v) is 9.77. The predicted octanol–water partition coefficient (Wildman–Crippen LogP) is 5.23. The highest BCUT2D eigenvalue weighted by Crippen LogP contribution is 2.44. The number of benzene rings is 1. The van der Waals surface area contributed by atoms with E-state index >= 15 is 0 Å². The Morgan fingerprint density at radius 3 is 2.73 bits per heavy atom. The van der Waals surface area contributed by atoms with Crippen molar-refractivity contribution in [1.82, 2.24) is 0 Å². The normalized spacial score (nSPS) is 23.7. The minimum Gasteiger partial charge on any atom is -0.376 e. The van der Waals surface area contributed by atoms with Gasteiger partial charge in [0.15, 0.2) is 0 Å². The molecule has 1 aliphatic rings. The third-order valence-electron chi connectivity index (χ3n) is 5.64. The molecule has 1 aliphatic heterocycles. The van der Waals surface area contributed by atoms with Crippen molar-refractivity contribution in [1.29, 1.82) is 0 Å². The van der Waals surface area contributed by atoms with Crippen LogP contribution in [0.2, 0.25) is 5.02 Å². The molecule has 2 aromatic rings. The molecule has 1 aromatic carbocycles. The fourth-order valence-corrected chi connectivity index (χ4v) is 5.38. The Labute approximate surface area is 166 Å². The summed E-state index contributed by atoms with van der Waals surface area (Å²) < 4.78 is 6.03. The third kappa shape index (κ3) is 5.10. The van der Waals surface area contributed by atoms with Gasteiger partial charge in [0.2, 0.25) is 0 Å². The van der Waals surface area contributed by atoms with E-state index < -0.39 is 0 Å². The molecule has 0 unspecified atom stereocenters. The number of hydrogen-bond acceptors (Lipinski definition) is 2. The highest BCUT2D eigenvalue weighted by Gasteiger charge is 2.41. The zero-order valence-corrected chi connectivity index (χ0v) is 17.7. The molecule has 1 saturated heterocycles. The Bertz CT molecular complexity index is 700. The van der Waals surface area contributed by atoms with Crippen molar-refractivity contribution in [3.8, 4) is 0 Å². The lowest BCUT2D eigenvalue weighted by molar-refractivity contribution is -0.693. The Morgan fingerprint density at radius 1 is 1.23 bits per heavy atom. The Kier molecular flexibility index (Phi) is 6.45. The molecular weight excluding hydrogens is 362 g/mol. The van der Waals surface area contributed by atoms with Crippen molar-refractivity contribution < 1.29 is 10.1 Å². The first kappa shape index (κ1) is 19.9.